The molecule has 1 atom stereocenters. The van der Waals surface area contributed by atoms with Crippen LogP contribution in [-0.4, -0.2) is 19.8 Å². The molecule has 1 aromatic carbocycles. The maximum absolute atomic E-state index is 9.35. The van der Waals surface area contributed by atoms with Crippen molar-refractivity contribution in [2.45, 2.75) is 25.2 Å². The Balaban J connectivity index is 2.92. The molecule has 0 bridgehead atoms. The smallest absolute Gasteiger partial charge is 0.0550 e. The van der Waals surface area contributed by atoms with Crippen molar-refractivity contribution in [1.29, 1.82) is 0 Å². The summed E-state index contributed by atoms with van der Waals surface area (Å²) >= 11 is 0. The highest BCUT2D eigenvalue weighted by Gasteiger charge is 2.26. The molecule has 1 rings (SSSR count). The molecule has 0 heterocycles. The van der Waals surface area contributed by atoms with Gasteiger partial charge in [-0.05, 0) is 5.56 Å². The Kier molecular flexibility index (Phi) is 3.28. The molecule has 0 saturated carbocycles. The molecule has 1 aromatic rings. The van der Waals surface area contributed by atoms with Crippen LogP contribution in [0.2, 0.25) is 19.6 Å². The zero-order valence-electron chi connectivity index (χ0n) is 8.62. The van der Waals surface area contributed by atoms with E-state index in [0.717, 1.165) is 0 Å². The molecule has 1 nitrogen and oxygen atoms in total. The second-order valence-electron chi connectivity index (χ2n) is 4.51. The molecule has 0 fully saturated rings. The summed E-state index contributed by atoms with van der Waals surface area (Å²) in [5, 5.41) is 9.35. The van der Waals surface area contributed by atoms with Gasteiger partial charge in [0.05, 0.1) is 8.07 Å². The minimum Gasteiger partial charge on any atom is -0.396 e. The van der Waals surface area contributed by atoms with E-state index >= 15 is 0 Å². The molecule has 0 spiro atoms. The van der Waals surface area contributed by atoms with E-state index in [9.17, 15) is 5.11 Å². The van der Waals surface area contributed by atoms with Crippen LogP contribution in [0.3, 0.4) is 0 Å². The average molecular weight is 194 g/mol. The van der Waals surface area contributed by atoms with Gasteiger partial charge in [-0.25, -0.2) is 0 Å². The zero-order valence-corrected chi connectivity index (χ0v) is 9.62. The molecule has 0 radical (unpaired) electrons. The van der Waals surface area contributed by atoms with Crippen LogP contribution in [0, 0.1) is 0 Å². The lowest BCUT2D eigenvalue weighted by molar-refractivity contribution is 0.290. The van der Waals surface area contributed by atoms with Crippen molar-refractivity contribution in [3.05, 3.63) is 35.9 Å². The van der Waals surface area contributed by atoms with Crippen LogP contribution in [0.25, 0.3) is 0 Å². The largest absolute Gasteiger partial charge is 0.396 e. The van der Waals surface area contributed by atoms with Gasteiger partial charge in [0.25, 0.3) is 0 Å². The summed E-state index contributed by atoms with van der Waals surface area (Å²) in [6.45, 7) is 7.16. The van der Waals surface area contributed by atoms with Crippen LogP contribution < -0.4 is 0 Å². The van der Waals surface area contributed by atoms with Gasteiger partial charge in [-0.15, -0.1) is 0 Å². The van der Waals surface area contributed by atoms with Gasteiger partial charge < -0.3 is 5.11 Å². The molecule has 2 heteroatoms. The third-order valence-electron chi connectivity index (χ3n) is 2.43. The fourth-order valence-electron chi connectivity index (χ4n) is 1.56. The molecular formula is C11H18OSi. The van der Waals surface area contributed by atoms with E-state index in [1.54, 1.807) is 0 Å². The number of hydrogen-bond donors (Lipinski definition) is 1. The molecule has 0 aliphatic rings. The molecule has 13 heavy (non-hydrogen) atoms. The highest BCUT2D eigenvalue weighted by atomic mass is 28.3. The quantitative estimate of drug-likeness (QED) is 0.733. The average Bonchev–Trinajstić information content (AvgIpc) is 2.05. The molecule has 0 aromatic heterocycles. The lowest BCUT2D eigenvalue weighted by Crippen LogP contribution is -2.33. The highest BCUT2D eigenvalue weighted by molar-refractivity contribution is 6.77. The van der Waals surface area contributed by atoms with Crippen molar-refractivity contribution < 1.29 is 5.11 Å². The molecular weight excluding hydrogens is 176 g/mol. The molecule has 0 aliphatic heterocycles. The second kappa shape index (κ2) is 4.07. The van der Waals surface area contributed by atoms with Crippen LogP contribution in [-0.2, 0) is 0 Å². The van der Waals surface area contributed by atoms with Gasteiger partial charge in [-0.2, -0.15) is 0 Å². The van der Waals surface area contributed by atoms with Gasteiger partial charge in [-0.3, -0.25) is 0 Å². The molecule has 0 amide bonds. The summed E-state index contributed by atoms with van der Waals surface area (Å²) in [6.07, 6.45) is 0. The minimum atomic E-state index is -1.28. The maximum Gasteiger partial charge on any atom is 0.0550 e. The monoisotopic (exact) mass is 194 g/mol. The first-order chi connectivity index (χ1) is 6.05. The standard InChI is InChI=1S/C11H18OSi/c1-13(2,3)11(9-12)10-7-5-4-6-8-10/h4-8,11-12H,9H2,1-3H3. The number of aliphatic hydroxyl groups excluding tert-OH is 1. The first kappa shape index (κ1) is 10.5. The van der Waals surface area contributed by atoms with E-state index in [4.69, 9.17) is 0 Å². The van der Waals surface area contributed by atoms with E-state index in [1.165, 1.54) is 5.56 Å². The Morgan fingerprint density at radius 2 is 1.69 bits per heavy atom. The summed E-state index contributed by atoms with van der Waals surface area (Å²) in [7, 11) is -1.28. The van der Waals surface area contributed by atoms with Crippen molar-refractivity contribution in [2.75, 3.05) is 6.61 Å². The van der Waals surface area contributed by atoms with E-state index in [-0.39, 0.29) is 6.61 Å². The normalized spacial score (nSPS) is 14.2. The SMILES string of the molecule is C[Si](C)(C)C(CO)c1ccccc1. The predicted molar refractivity (Wildman–Crippen MR) is 59.6 cm³/mol. The molecule has 1 N–H and O–H groups in total. The van der Waals surface area contributed by atoms with Crippen molar-refractivity contribution >= 4 is 8.07 Å². The Morgan fingerprint density at radius 1 is 1.15 bits per heavy atom. The van der Waals surface area contributed by atoms with E-state index in [0.29, 0.717) is 5.54 Å². The van der Waals surface area contributed by atoms with Crippen molar-refractivity contribution in [2.24, 2.45) is 0 Å². The molecule has 1 unspecified atom stereocenters. The summed E-state index contributed by atoms with van der Waals surface area (Å²) in [6, 6.07) is 10.3. The van der Waals surface area contributed by atoms with Crippen LogP contribution in [0.4, 0.5) is 0 Å². The first-order valence-electron chi connectivity index (χ1n) is 4.71. The third kappa shape index (κ3) is 2.67. The van der Waals surface area contributed by atoms with Gasteiger partial charge in [0, 0.05) is 12.1 Å². The van der Waals surface area contributed by atoms with Crippen molar-refractivity contribution in [3.63, 3.8) is 0 Å². The summed E-state index contributed by atoms with van der Waals surface area (Å²) in [5.74, 6) is 0. The number of aliphatic hydroxyl groups is 1. The first-order valence-corrected chi connectivity index (χ1v) is 8.29. The fraction of sp³-hybridized carbons (Fsp3) is 0.455. The molecule has 0 aliphatic carbocycles. The predicted octanol–water partition coefficient (Wildman–Crippen LogP) is 2.64. The summed E-state index contributed by atoms with van der Waals surface area (Å²) < 4.78 is 0. The second-order valence-corrected chi connectivity index (χ2v) is 9.94. The van der Waals surface area contributed by atoms with E-state index in [2.05, 4.69) is 31.8 Å². The summed E-state index contributed by atoms with van der Waals surface area (Å²) in [4.78, 5) is 0. The molecule has 0 saturated heterocycles. The van der Waals surface area contributed by atoms with E-state index < -0.39 is 8.07 Å². The highest BCUT2D eigenvalue weighted by Crippen LogP contribution is 2.25. The number of benzene rings is 1. The minimum absolute atomic E-state index is 0.278. The zero-order chi connectivity index (χ0) is 9.90. The van der Waals surface area contributed by atoms with Gasteiger partial charge in [-0.1, -0.05) is 50.0 Å². The summed E-state index contributed by atoms with van der Waals surface area (Å²) in [5.41, 5.74) is 1.65. The van der Waals surface area contributed by atoms with E-state index in [1.807, 2.05) is 18.2 Å². The Hall–Kier alpha value is -0.603. The van der Waals surface area contributed by atoms with Crippen LogP contribution in [0.15, 0.2) is 30.3 Å². The lowest BCUT2D eigenvalue weighted by Gasteiger charge is -2.27. The lowest BCUT2D eigenvalue weighted by atomic mass is 10.1. The van der Waals surface area contributed by atoms with Crippen molar-refractivity contribution in [3.8, 4) is 0 Å². The van der Waals surface area contributed by atoms with Crippen LogP contribution in [0.5, 0.6) is 0 Å². The Labute approximate surface area is 81.4 Å². The topological polar surface area (TPSA) is 20.2 Å². The Morgan fingerprint density at radius 3 is 2.08 bits per heavy atom. The van der Waals surface area contributed by atoms with Crippen LogP contribution >= 0.6 is 0 Å². The van der Waals surface area contributed by atoms with Gasteiger partial charge in [0.1, 0.15) is 0 Å². The number of hydrogen-bond acceptors (Lipinski definition) is 1. The fourth-order valence-corrected chi connectivity index (χ4v) is 3.30. The van der Waals surface area contributed by atoms with Crippen molar-refractivity contribution in [1.82, 2.24) is 0 Å². The van der Waals surface area contributed by atoms with Gasteiger partial charge in [0.2, 0.25) is 0 Å². The van der Waals surface area contributed by atoms with Gasteiger partial charge >= 0.3 is 0 Å². The number of rotatable bonds is 3. The van der Waals surface area contributed by atoms with Gasteiger partial charge in [0.15, 0.2) is 0 Å². The Bertz CT molecular complexity index is 251. The molecule has 72 valence electrons. The third-order valence-corrected chi connectivity index (χ3v) is 5.04. The van der Waals surface area contributed by atoms with Crippen LogP contribution in [0.1, 0.15) is 11.1 Å². The maximum atomic E-state index is 9.35.